The number of amides is 3. The molecule has 2 saturated heterocycles. The fraction of sp³-hybridized carbons (Fsp3) is 0.514. The van der Waals surface area contributed by atoms with Crippen LogP contribution < -0.4 is 9.64 Å². The number of aliphatic hydroxyl groups excluding tert-OH is 2. The number of carboxylic acid groups (broad SMARTS) is 1. The Kier molecular flexibility index (Phi) is 12.9. The summed E-state index contributed by atoms with van der Waals surface area (Å²) in [7, 11) is 4.89. The zero-order valence-electron chi connectivity index (χ0n) is 31.1. The van der Waals surface area contributed by atoms with E-state index in [1.807, 2.05) is 18.0 Å². The van der Waals surface area contributed by atoms with E-state index >= 15 is 0 Å². The number of ether oxygens (including phenoxy) is 3. The van der Waals surface area contributed by atoms with Crippen molar-refractivity contribution in [1.82, 2.24) is 29.2 Å². The van der Waals surface area contributed by atoms with E-state index < -0.39 is 53.3 Å². The number of fused-ring (bicyclic) bond motifs is 1. The Bertz CT molecular complexity index is 2000. The third-order valence-corrected chi connectivity index (χ3v) is 9.93. The molecule has 21 heteroatoms. The number of anilines is 1. The Morgan fingerprint density at radius 3 is 2.55 bits per heavy atom. The zero-order chi connectivity index (χ0) is 40.8. The third kappa shape index (κ3) is 9.05. The monoisotopic (exact) mass is 781 g/mol. The van der Waals surface area contributed by atoms with Crippen LogP contribution in [0.4, 0.5) is 21.1 Å². The van der Waals surface area contributed by atoms with Crippen LogP contribution in [-0.4, -0.2) is 151 Å². The van der Waals surface area contributed by atoms with Crippen LogP contribution in [0.5, 0.6) is 5.75 Å². The maximum atomic E-state index is 13.5. The number of hydrogen-bond donors (Lipinski definition) is 3. The summed E-state index contributed by atoms with van der Waals surface area (Å²) in [6.07, 6.45) is -4.03. The highest BCUT2D eigenvalue weighted by atomic mass is 16.7. The predicted molar refractivity (Wildman–Crippen MR) is 193 cm³/mol. The molecule has 4 heterocycles. The second kappa shape index (κ2) is 17.6. The predicted octanol–water partition coefficient (Wildman–Crippen LogP) is 1.40. The molecular formula is C35H43N9O12. The van der Waals surface area contributed by atoms with Crippen molar-refractivity contribution in [3.63, 3.8) is 0 Å². The summed E-state index contributed by atoms with van der Waals surface area (Å²) in [6, 6.07) is 6.85. The topological polar surface area (TPSA) is 267 Å². The highest BCUT2D eigenvalue weighted by Gasteiger charge is 2.42. The van der Waals surface area contributed by atoms with E-state index in [0.29, 0.717) is 29.9 Å². The zero-order valence-corrected chi connectivity index (χ0v) is 31.1. The number of hydrogen-bond acceptors (Lipinski definition) is 15. The minimum Gasteiger partial charge on any atom is -0.479 e. The highest BCUT2D eigenvalue weighted by Crippen LogP contribution is 2.33. The summed E-state index contributed by atoms with van der Waals surface area (Å²) in [6.45, 7) is 2.90. The Balaban J connectivity index is 1.16. The molecule has 1 aromatic carbocycles. The maximum Gasteiger partial charge on any atom is 0.409 e. The van der Waals surface area contributed by atoms with Crippen LogP contribution >= 0.6 is 0 Å². The smallest absolute Gasteiger partial charge is 0.409 e. The number of carboxylic acids is 1. The molecule has 300 valence electrons. The minimum atomic E-state index is -1.80. The lowest BCUT2D eigenvalue weighted by atomic mass is 9.92. The van der Waals surface area contributed by atoms with Crippen LogP contribution in [-0.2, 0) is 25.7 Å². The minimum absolute atomic E-state index is 0.0655. The van der Waals surface area contributed by atoms with Gasteiger partial charge in [-0.1, -0.05) is 13.0 Å². The Morgan fingerprint density at radius 2 is 1.86 bits per heavy atom. The normalized spacial score (nSPS) is 22.1. The van der Waals surface area contributed by atoms with Gasteiger partial charge in [0, 0.05) is 66.0 Å². The number of nitro benzene ring substituents is 1. The number of piperidine rings is 1. The Morgan fingerprint density at radius 1 is 1.12 bits per heavy atom. The molecule has 3 N–H and O–H groups in total. The second-order valence-electron chi connectivity index (χ2n) is 13.7. The lowest BCUT2D eigenvalue weighted by Crippen LogP contribution is -2.53. The molecular weight excluding hydrogens is 738 g/mol. The van der Waals surface area contributed by atoms with Crippen molar-refractivity contribution in [2.45, 2.75) is 63.4 Å². The molecule has 6 atom stereocenters. The summed E-state index contributed by atoms with van der Waals surface area (Å²) in [5, 5.41) is 50.5. The Labute approximate surface area is 320 Å². The van der Waals surface area contributed by atoms with Gasteiger partial charge in [-0.15, -0.1) is 0 Å². The van der Waals surface area contributed by atoms with Gasteiger partial charge in [-0.05, 0) is 30.0 Å². The van der Waals surface area contributed by atoms with Gasteiger partial charge >= 0.3 is 23.8 Å². The van der Waals surface area contributed by atoms with Crippen LogP contribution in [0, 0.1) is 27.4 Å². The average molecular weight is 782 g/mol. The second-order valence-corrected chi connectivity index (χ2v) is 13.7. The van der Waals surface area contributed by atoms with Gasteiger partial charge in [-0.25, -0.2) is 24.4 Å². The largest absolute Gasteiger partial charge is 0.479 e. The lowest BCUT2D eigenvalue weighted by Gasteiger charge is -2.42. The van der Waals surface area contributed by atoms with Crippen LogP contribution in [0.3, 0.4) is 0 Å². The van der Waals surface area contributed by atoms with Crippen molar-refractivity contribution in [2.75, 3.05) is 52.2 Å². The van der Waals surface area contributed by atoms with Gasteiger partial charge in [0.05, 0.1) is 28.5 Å². The summed E-state index contributed by atoms with van der Waals surface area (Å²) < 4.78 is 17.4. The van der Waals surface area contributed by atoms with Crippen LogP contribution in [0.1, 0.15) is 31.7 Å². The van der Waals surface area contributed by atoms with Gasteiger partial charge < -0.3 is 49.1 Å². The van der Waals surface area contributed by atoms with E-state index in [1.54, 1.807) is 24.2 Å². The highest BCUT2D eigenvalue weighted by molar-refractivity contribution is 5.95. The number of likely N-dealkylation sites (N-methyl/N-ethyl adjacent to an activating group) is 3. The first-order chi connectivity index (χ1) is 26.6. The third-order valence-electron chi connectivity index (χ3n) is 9.93. The molecule has 21 nitrogen and oxygen atoms in total. The van der Waals surface area contributed by atoms with Crippen molar-refractivity contribution in [1.29, 1.82) is 5.26 Å². The number of nitrogens with zero attached hydrogens (tertiary/aromatic N) is 9. The molecule has 0 bridgehead atoms. The van der Waals surface area contributed by atoms with Crippen LogP contribution in [0.25, 0.3) is 11.0 Å². The molecule has 2 aliphatic rings. The molecule has 5 rings (SSSR count). The SMILES string of the molecule is C[C@@H]1CCN(C(=O)CC#N)C[C@@H]1N(C)c1ncnc2c1ccn2C(=O)N(C)CCN(C)C(=O)OCc1ccc(O[C@H]2C[C@@H](O)[C@H](O)[C@@H](C(=O)O)O2)c([N+](=O)[O-])c1. The number of carbonyl (C=O) groups excluding carboxylic acids is 3. The summed E-state index contributed by atoms with van der Waals surface area (Å²) in [4.78, 5) is 76.4. The molecule has 0 spiro atoms. The van der Waals surface area contributed by atoms with Gasteiger partial charge in [0.15, 0.2) is 17.5 Å². The van der Waals surface area contributed by atoms with E-state index in [4.69, 9.17) is 19.5 Å². The van der Waals surface area contributed by atoms with E-state index in [9.17, 15) is 44.6 Å². The number of nitriles is 1. The number of aliphatic hydroxyl groups is 2. The van der Waals surface area contributed by atoms with E-state index in [1.165, 1.54) is 39.9 Å². The fourth-order valence-corrected chi connectivity index (χ4v) is 6.57. The fourth-order valence-electron chi connectivity index (χ4n) is 6.57. The first kappa shape index (κ1) is 41.1. The molecule has 3 aromatic rings. The molecule has 2 aliphatic heterocycles. The van der Waals surface area contributed by atoms with Gasteiger partial charge in [0.25, 0.3) is 0 Å². The van der Waals surface area contributed by atoms with E-state index in [0.717, 1.165) is 12.5 Å². The number of rotatable bonds is 12. The number of nitro groups is 1. The first-order valence-electron chi connectivity index (χ1n) is 17.6. The van der Waals surface area contributed by atoms with Gasteiger partial charge in [0.1, 0.15) is 31.3 Å². The van der Waals surface area contributed by atoms with Crippen molar-refractivity contribution in [3.8, 4) is 11.8 Å². The number of likely N-dealkylation sites (tertiary alicyclic amines) is 1. The molecule has 56 heavy (non-hydrogen) atoms. The standard InChI is InChI=1S/C35H43N9O12/c1-20-8-11-42(27(46)7-10-36)17-24(20)41(4)31-22-9-12-43(32(22)38-19-37-31)34(50)39(2)13-14-40(3)35(51)54-18-21-5-6-26(23(15-21)44(52)53)55-28-16-25(45)29(47)30(56-28)33(48)49/h5-6,9,12,15,19-20,24-25,28-30,45,47H,7-8,11,13-14,16-18H2,1-4H3,(H,48,49)/t20-,24+,25-,28-,29+,30+/m1/s1. The number of benzene rings is 1. The number of carbonyl (C=O) groups is 4. The van der Waals surface area contributed by atoms with Gasteiger partial charge in [-0.3, -0.25) is 19.5 Å². The van der Waals surface area contributed by atoms with Crippen molar-refractivity contribution in [2.24, 2.45) is 5.92 Å². The van der Waals surface area contributed by atoms with Gasteiger partial charge in [-0.2, -0.15) is 5.26 Å². The van der Waals surface area contributed by atoms with E-state index in [2.05, 4.69) is 16.9 Å². The van der Waals surface area contributed by atoms with Crippen molar-refractivity contribution in [3.05, 3.63) is 52.5 Å². The summed E-state index contributed by atoms with van der Waals surface area (Å²) in [5.74, 6) is -1.26. The molecule has 0 radical (unpaired) electrons. The molecule has 2 fully saturated rings. The number of aromatic nitrogens is 3. The molecule has 3 amide bonds. The van der Waals surface area contributed by atoms with Gasteiger partial charge in [0.2, 0.25) is 12.2 Å². The van der Waals surface area contributed by atoms with Crippen LogP contribution in [0.2, 0.25) is 0 Å². The van der Waals surface area contributed by atoms with Crippen molar-refractivity contribution >= 4 is 46.5 Å². The quantitative estimate of drug-likeness (QED) is 0.173. The van der Waals surface area contributed by atoms with E-state index in [-0.39, 0.29) is 61.7 Å². The van der Waals surface area contributed by atoms with Crippen molar-refractivity contribution < 1.29 is 53.6 Å². The summed E-state index contributed by atoms with van der Waals surface area (Å²) in [5.41, 5.74) is 0.0594. The molecule has 2 aromatic heterocycles. The average Bonchev–Trinajstić information content (AvgIpc) is 3.61. The molecule has 0 unspecified atom stereocenters. The Hall–Kier alpha value is -6.11. The summed E-state index contributed by atoms with van der Waals surface area (Å²) >= 11 is 0. The van der Waals surface area contributed by atoms with Crippen LogP contribution in [0.15, 0.2) is 36.8 Å². The molecule has 0 saturated carbocycles. The molecule has 0 aliphatic carbocycles. The maximum absolute atomic E-state index is 13.5. The lowest BCUT2D eigenvalue weighted by molar-refractivity contribution is -0.386. The first-order valence-corrected chi connectivity index (χ1v) is 17.6. The number of aliphatic carboxylic acids is 1.